The summed E-state index contributed by atoms with van der Waals surface area (Å²) in [6.07, 6.45) is 1.32. The quantitative estimate of drug-likeness (QED) is 0.190. The predicted molar refractivity (Wildman–Crippen MR) is 188 cm³/mol. The summed E-state index contributed by atoms with van der Waals surface area (Å²) in [6.45, 7) is 0. The third kappa shape index (κ3) is 5.94. The molecular weight excluding hydrogens is 544 g/mol. The molecule has 0 radical (unpaired) electrons. The maximum absolute atomic E-state index is 11.4. The molecule has 7 aromatic rings. The number of benzene rings is 7. The number of rotatable bonds is 8. The molecule has 0 aliphatic heterocycles. The highest BCUT2D eigenvalue weighted by molar-refractivity contribution is 5.87. The second-order valence-electron chi connectivity index (χ2n) is 11.4. The topological polar surface area (TPSA) is 20.2 Å². The zero-order valence-electron chi connectivity index (χ0n) is 25.1. The largest absolute Gasteiger partial charge is 0.508 e. The second-order valence-corrected chi connectivity index (χ2v) is 11.4. The maximum atomic E-state index is 11.4. The fourth-order valence-electron chi connectivity index (χ4n) is 6.49. The summed E-state index contributed by atoms with van der Waals surface area (Å²) < 4.78 is 0. The molecule has 1 N–H and O–H groups in total. The van der Waals surface area contributed by atoms with Gasteiger partial charge in [0.15, 0.2) is 0 Å². The molecule has 1 nitrogen and oxygen atoms in total. The minimum atomic E-state index is 0.331. The van der Waals surface area contributed by atoms with Crippen LogP contribution in [-0.4, -0.2) is 5.11 Å². The lowest BCUT2D eigenvalue weighted by Gasteiger charge is -2.20. The van der Waals surface area contributed by atoms with Gasteiger partial charge in [0.05, 0.1) is 0 Å². The summed E-state index contributed by atoms with van der Waals surface area (Å²) >= 11 is 0. The molecule has 1 heteroatoms. The van der Waals surface area contributed by atoms with Crippen molar-refractivity contribution in [2.45, 2.75) is 12.8 Å². The highest BCUT2D eigenvalue weighted by atomic mass is 16.3. The summed E-state index contributed by atoms with van der Waals surface area (Å²) in [6, 6.07) is 61.5. The lowest BCUT2D eigenvalue weighted by atomic mass is 9.84. The molecule has 0 bridgehead atoms. The molecule has 0 unspecified atom stereocenters. The van der Waals surface area contributed by atoms with Gasteiger partial charge in [-0.2, -0.15) is 0 Å². The average molecular weight is 579 g/mol. The minimum Gasteiger partial charge on any atom is -0.508 e. The van der Waals surface area contributed by atoms with Crippen molar-refractivity contribution in [2.75, 3.05) is 0 Å². The Morgan fingerprint density at radius 2 is 0.689 bits per heavy atom. The Hall–Kier alpha value is -5.66. The molecule has 0 saturated heterocycles. The predicted octanol–water partition coefficient (Wildman–Crippen LogP) is 11.2. The van der Waals surface area contributed by atoms with Gasteiger partial charge in [-0.05, 0) is 73.7 Å². The van der Waals surface area contributed by atoms with Gasteiger partial charge in [-0.3, -0.25) is 0 Å². The molecule has 216 valence electrons. The number of hydrogen-bond acceptors (Lipinski definition) is 1. The highest BCUT2D eigenvalue weighted by Crippen LogP contribution is 2.40. The highest BCUT2D eigenvalue weighted by Gasteiger charge is 2.18. The fraction of sp³-hybridized carbons (Fsp3) is 0.0455. The molecule has 0 aliphatic rings. The van der Waals surface area contributed by atoms with E-state index in [0.29, 0.717) is 18.6 Å². The van der Waals surface area contributed by atoms with Gasteiger partial charge in [0.25, 0.3) is 0 Å². The van der Waals surface area contributed by atoms with Crippen LogP contribution >= 0.6 is 0 Å². The van der Waals surface area contributed by atoms with E-state index in [9.17, 15) is 5.11 Å². The van der Waals surface area contributed by atoms with Gasteiger partial charge in [0.1, 0.15) is 5.75 Å². The van der Waals surface area contributed by atoms with Crippen LogP contribution in [0.25, 0.3) is 44.5 Å². The Morgan fingerprint density at radius 1 is 0.311 bits per heavy atom. The average Bonchev–Trinajstić information content (AvgIpc) is 3.11. The van der Waals surface area contributed by atoms with Gasteiger partial charge in [-0.15, -0.1) is 0 Å². The van der Waals surface area contributed by atoms with Crippen molar-refractivity contribution in [3.8, 4) is 50.3 Å². The first-order chi connectivity index (χ1) is 22.3. The van der Waals surface area contributed by atoms with Crippen molar-refractivity contribution < 1.29 is 5.11 Å². The normalized spacial score (nSPS) is 10.9. The molecule has 45 heavy (non-hydrogen) atoms. The van der Waals surface area contributed by atoms with E-state index in [0.717, 1.165) is 11.1 Å². The zero-order chi connectivity index (χ0) is 30.4. The van der Waals surface area contributed by atoms with Crippen LogP contribution < -0.4 is 0 Å². The van der Waals surface area contributed by atoms with Crippen LogP contribution in [0.15, 0.2) is 176 Å². The number of aromatic hydroxyl groups is 1. The van der Waals surface area contributed by atoms with E-state index < -0.39 is 0 Å². The van der Waals surface area contributed by atoms with Crippen LogP contribution in [0, 0.1) is 0 Å². The third-order valence-electron chi connectivity index (χ3n) is 8.59. The molecule has 0 heterocycles. The maximum Gasteiger partial charge on any atom is 0.119 e. The molecule has 0 spiro atoms. The number of hydrogen-bond donors (Lipinski definition) is 1. The Kier molecular flexibility index (Phi) is 8.07. The first-order valence-corrected chi connectivity index (χ1v) is 15.5. The Bertz CT molecular complexity index is 2030. The molecule has 0 aromatic heterocycles. The van der Waals surface area contributed by atoms with E-state index in [1.807, 2.05) is 12.1 Å². The van der Waals surface area contributed by atoms with Crippen molar-refractivity contribution in [2.24, 2.45) is 0 Å². The van der Waals surface area contributed by atoms with E-state index in [-0.39, 0.29) is 0 Å². The summed E-state index contributed by atoms with van der Waals surface area (Å²) in [4.78, 5) is 0. The van der Waals surface area contributed by atoms with Gasteiger partial charge in [0.2, 0.25) is 0 Å². The van der Waals surface area contributed by atoms with Gasteiger partial charge in [0, 0.05) is 12.0 Å². The summed E-state index contributed by atoms with van der Waals surface area (Å²) in [5, 5.41) is 11.4. The zero-order valence-corrected chi connectivity index (χ0v) is 25.1. The molecule has 0 fully saturated rings. The lowest BCUT2D eigenvalue weighted by molar-refractivity contribution is 0.468. The number of phenolic OH excluding ortho intramolecular Hbond substituents is 1. The molecule has 0 aliphatic carbocycles. The summed E-state index contributed by atoms with van der Waals surface area (Å²) in [7, 11) is 0. The smallest absolute Gasteiger partial charge is 0.119 e. The van der Waals surface area contributed by atoms with Crippen LogP contribution in [0.3, 0.4) is 0 Å². The van der Waals surface area contributed by atoms with Crippen LogP contribution in [0.5, 0.6) is 5.75 Å². The first kappa shape index (κ1) is 28.1. The monoisotopic (exact) mass is 578 g/mol. The first-order valence-electron chi connectivity index (χ1n) is 15.5. The standard InChI is InChI=1S/C44H34O/c45-42-29-15-24-36(30-37-25-13-27-39(32-16-5-1-6-17-32)43(37)34-20-9-3-10-21-34)41(42)31-38-26-14-28-40(33-18-7-2-8-19-33)44(38)35-22-11-4-12-23-35/h1-29,45H,30-31H2. The summed E-state index contributed by atoms with van der Waals surface area (Å²) in [5.41, 5.74) is 14.1. The van der Waals surface area contributed by atoms with E-state index >= 15 is 0 Å². The van der Waals surface area contributed by atoms with E-state index in [1.54, 1.807) is 0 Å². The van der Waals surface area contributed by atoms with Gasteiger partial charge in [-0.1, -0.05) is 170 Å². The summed E-state index contributed by atoms with van der Waals surface area (Å²) in [5.74, 6) is 0.331. The molecule has 0 saturated carbocycles. The second kappa shape index (κ2) is 12.9. The van der Waals surface area contributed by atoms with Crippen molar-refractivity contribution in [3.05, 3.63) is 198 Å². The Labute approximate surface area is 265 Å². The molecule has 0 amide bonds. The third-order valence-corrected chi connectivity index (χ3v) is 8.59. The number of phenols is 1. The van der Waals surface area contributed by atoms with Crippen molar-refractivity contribution >= 4 is 0 Å². The lowest BCUT2D eigenvalue weighted by Crippen LogP contribution is -2.02. The fourth-order valence-corrected chi connectivity index (χ4v) is 6.49. The van der Waals surface area contributed by atoms with Crippen molar-refractivity contribution in [1.82, 2.24) is 0 Å². The van der Waals surface area contributed by atoms with Crippen LogP contribution in [0.2, 0.25) is 0 Å². The van der Waals surface area contributed by atoms with Gasteiger partial charge in [-0.25, -0.2) is 0 Å². The molecular formula is C44H34O. The molecule has 7 rings (SSSR count). The molecule has 0 atom stereocenters. The van der Waals surface area contributed by atoms with Crippen LogP contribution in [0.4, 0.5) is 0 Å². The Balaban J connectivity index is 1.35. The van der Waals surface area contributed by atoms with Crippen LogP contribution in [0.1, 0.15) is 22.3 Å². The van der Waals surface area contributed by atoms with E-state index in [4.69, 9.17) is 0 Å². The van der Waals surface area contributed by atoms with Crippen molar-refractivity contribution in [1.29, 1.82) is 0 Å². The van der Waals surface area contributed by atoms with Crippen molar-refractivity contribution in [3.63, 3.8) is 0 Å². The van der Waals surface area contributed by atoms with Crippen LogP contribution in [-0.2, 0) is 12.8 Å². The SMILES string of the molecule is Oc1cccc(Cc2cccc(-c3ccccc3)c2-c2ccccc2)c1Cc1cccc(-c2ccccc2)c1-c1ccccc1. The molecule has 7 aromatic carbocycles. The van der Waals surface area contributed by atoms with Gasteiger partial charge < -0.3 is 5.11 Å². The minimum absolute atomic E-state index is 0.331. The van der Waals surface area contributed by atoms with E-state index in [1.165, 1.54) is 55.6 Å². The van der Waals surface area contributed by atoms with E-state index in [2.05, 4.69) is 164 Å². The Morgan fingerprint density at radius 3 is 1.16 bits per heavy atom. The van der Waals surface area contributed by atoms with Gasteiger partial charge >= 0.3 is 0 Å².